The summed E-state index contributed by atoms with van der Waals surface area (Å²) in [6, 6.07) is 0. The normalized spacial score (nSPS) is 16.2. The fraction of sp³-hybridized carbons (Fsp3) is 0.778. The fourth-order valence-corrected chi connectivity index (χ4v) is 1.15. The molecule has 0 aromatic rings. The van der Waals surface area contributed by atoms with Crippen LogP contribution in [0.2, 0.25) is 0 Å². The van der Waals surface area contributed by atoms with Gasteiger partial charge in [0.05, 0.1) is 6.26 Å². The second-order valence-electron chi connectivity index (χ2n) is 2.75. The molecule has 72 valence electrons. The van der Waals surface area contributed by atoms with Crippen LogP contribution >= 0.6 is 0 Å². The lowest BCUT2D eigenvalue weighted by Gasteiger charge is -2.05. The Morgan fingerprint density at radius 1 is 1.00 bits per heavy atom. The molecule has 12 heavy (non-hydrogen) atoms. The monoisotopic (exact) mass is 174 g/mol. The van der Waals surface area contributed by atoms with Crippen LogP contribution in [-0.4, -0.2) is 16.7 Å². The Hall–Kier alpha value is -0.540. The number of aliphatic hydroxyl groups excluding tert-OH is 1. The van der Waals surface area contributed by atoms with Crippen molar-refractivity contribution in [3.63, 3.8) is 0 Å². The van der Waals surface area contributed by atoms with Gasteiger partial charge >= 0.3 is 6.48 Å². The second-order valence-corrected chi connectivity index (χ2v) is 2.75. The van der Waals surface area contributed by atoms with Crippen molar-refractivity contribution in [1.29, 1.82) is 0 Å². The van der Waals surface area contributed by atoms with E-state index in [1.165, 1.54) is 38.5 Å². The molecule has 0 aromatic carbocycles. The molecule has 0 amide bonds. The molecule has 0 spiro atoms. The Morgan fingerprint density at radius 2 is 1.33 bits per heavy atom. The van der Waals surface area contributed by atoms with Crippen LogP contribution in [0.5, 0.6) is 0 Å². The van der Waals surface area contributed by atoms with Gasteiger partial charge in [-0.1, -0.05) is 45.1 Å². The van der Waals surface area contributed by atoms with E-state index in [2.05, 4.69) is 11.3 Å². The van der Waals surface area contributed by atoms with Gasteiger partial charge in [-0.05, 0) is 0 Å². The fourth-order valence-electron chi connectivity index (χ4n) is 1.15. The van der Waals surface area contributed by atoms with Crippen molar-refractivity contribution in [3.05, 3.63) is 12.8 Å². The largest absolute Gasteiger partial charge is 0.450 e. The molecule has 0 saturated heterocycles. The van der Waals surface area contributed by atoms with E-state index in [0.29, 0.717) is 0 Å². The number of aliphatic hydroxyl groups is 2. The number of hydrogen-bond donors (Lipinski definition) is 2. The summed E-state index contributed by atoms with van der Waals surface area (Å²) < 4.78 is 3.92. The summed E-state index contributed by atoms with van der Waals surface area (Å²) in [7, 11) is 0. The molecule has 0 aromatic heterocycles. The first-order chi connectivity index (χ1) is 5.77. The molecule has 1 rings (SSSR count). The Balaban J connectivity index is 0.000000202. The van der Waals surface area contributed by atoms with E-state index in [9.17, 15) is 0 Å². The highest BCUT2D eigenvalue weighted by Crippen LogP contribution is 2.15. The average Bonchev–Trinajstić information content (AvgIpc) is 2.08. The van der Waals surface area contributed by atoms with Gasteiger partial charge in [0.1, 0.15) is 0 Å². The lowest BCUT2D eigenvalue weighted by Crippen LogP contribution is -2.03. The van der Waals surface area contributed by atoms with E-state index < -0.39 is 6.48 Å². The first-order valence-corrected chi connectivity index (χ1v) is 4.40. The maximum Gasteiger partial charge on any atom is 0.310 e. The van der Waals surface area contributed by atoms with Crippen LogP contribution in [0, 0.1) is 0 Å². The van der Waals surface area contributed by atoms with Gasteiger partial charge in [0, 0.05) is 0 Å². The van der Waals surface area contributed by atoms with Crippen molar-refractivity contribution in [3.8, 4) is 0 Å². The molecule has 1 aliphatic carbocycles. The quantitative estimate of drug-likeness (QED) is 0.495. The van der Waals surface area contributed by atoms with Crippen molar-refractivity contribution in [1.82, 2.24) is 0 Å². The molecule has 0 unspecified atom stereocenters. The van der Waals surface area contributed by atoms with Gasteiger partial charge in [-0.15, -0.1) is 0 Å². The Kier molecular flexibility index (Phi) is 8.17. The third-order valence-electron chi connectivity index (χ3n) is 1.72. The summed E-state index contributed by atoms with van der Waals surface area (Å²) in [5.74, 6) is 0. The third-order valence-corrected chi connectivity index (χ3v) is 1.72. The summed E-state index contributed by atoms with van der Waals surface area (Å²) >= 11 is 0. The minimum Gasteiger partial charge on any atom is -0.450 e. The van der Waals surface area contributed by atoms with Crippen LogP contribution in [0.25, 0.3) is 0 Å². The molecule has 0 radical (unpaired) electrons. The molecular formula is C9H18O3. The Bertz CT molecular complexity index is 86.4. The molecule has 1 aliphatic rings. The predicted octanol–water partition coefficient (Wildman–Crippen LogP) is 1.76. The zero-order chi connectivity index (χ0) is 9.23. The molecule has 0 heterocycles. The van der Waals surface area contributed by atoms with Gasteiger partial charge in [0.2, 0.25) is 0 Å². The van der Waals surface area contributed by atoms with Crippen LogP contribution in [-0.2, 0) is 4.74 Å². The predicted molar refractivity (Wildman–Crippen MR) is 47.2 cm³/mol. The molecule has 0 aliphatic heterocycles. The van der Waals surface area contributed by atoms with E-state index in [4.69, 9.17) is 10.2 Å². The molecule has 2 N–H and O–H groups in total. The maximum atomic E-state index is 7.81. The van der Waals surface area contributed by atoms with E-state index in [1.54, 1.807) is 0 Å². The van der Waals surface area contributed by atoms with E-state index in [-0.39, 0.29) is 0 Å². The summed E-state index contributed by atoms with van der Waals surface area (Å²) in [4.78, 5) is 0. The molecule has 0 bridgehead atoms. The van der Waals surface area contributed by atoms with E-state index >= 15 is 0 Å². The van der Waals surface area contributed by atoms with Crippen molar-refractivity contribution < 1.29 is 14.9 Å². The van der Waals surface area contributed by atoms with Gasteiger partial charge in [-0.3, -0.25) is 0 Å². The summed E-state index contributed by atoms with van der Waals surface area (Å²) in [5.41, 5.74) is 0. The standard InChI is InChI=1S/C6H12.C3H6O3/c1-2-4-6-5-3-1;1-2-6-3(4)5/h1-6H2;2-5H,1H2. The molecule has 0 atom stereocenters. The molecule has 3 heteroatoms. The zero-order valence-electron chi connectivity index (χ0n) is 7.41. The van der Waals surface area contributed by atoms with Crippen LogP contribution < -0.4 is 0 Å². The molecule has 1 saturated carbocycles. The van der Waals surface area contributed by atoms with Gasteiger partial charge in [-0.25, -0.2) is 0 Å². The smallest absolute Gasteiger partial charge is 0.310 e. The minimum atomic E-state index is -1.72. The van der Waals surface area contributed by atoms with E-state index in [0.717, 1.165) is 6.26 Å². The number of ether oxygens (including phenoxy) is 1. The van der Waals surface area contributed by atoms with Crippen LogP contribution in [0.4, 0.5) is 0 Å². The third kappa shape index (κ3) is 9.46. The second kappa shape index (κ2) is 8.56. The lowest BCUT2D eigenvalue weighted by molar-refractivity contribution is -0.203. The maximum absolute atomic E-state index is 7.81. The van der Waals surface area contributed by atoms with Gasteiger partial charge in [0.25, 0.3) is 0 Å². The highest BCUT2D eigenvalue weighted by atomic mass is 16.7. The van der Waals surface area contributed by atoms with Crippen molar-refractivity contribution in [2.75, 3.05) is 0 Å². The van der Waals surface area contributed by atoms with Crippen molar-refractivity contribution in [2.45, 2.75) is 45.0 Å². The number of hydrogen-bond acceptors (Lipinski definition) is 3. The average molecular weight is 174 g/mol. The van der Waals surface area contributed by atoms with Crippen LogP contribution in [0.1, 0.15) is 38.5 Å². The SMILES string of the molecule is C1CCCCC1.C=COC(O)O. The zero-order valence-corrected chi connectivity index (χ0v) is 7.41. The van der Waals surface area contributed by atoms with Crippen molar-refractivity contribution >= 4 is 0 Å². The van der Waals surface area contributed by atoms with Gasteiger partial charge < -0.3 is 14.9 Å². The van der Waals surface area contributed by atoms with Crippen LogP contribution in [0.3, 0.4) is 0 Å². The highest BCUT2D eigenvalue weighted by molar-refractivity contribution is 4.51. The molecule has 3 nitrogen and oxygen atoms in total. The van der Waals surface area contributed by atoms with Crippen LogP contribution in [0.15, 0.2) is 12.8 Å². The highest BCUT2D eigenvalue weighted by Gasteiger charge is 1.95. The first-order valence-electron chi connectivity index (χ1n) is 4.40. The Labute approximate surface area is 73.7 Å². The Morgan fingerprint density at radius 3 is 1.42 bits per heavy atom. The minimum absolute atomic E-state index is 0.949. The summed E-state index contributed by atoms with van der Waals surface area (Å²) in [6.45, 7) is 1.34. The van der Waals surface area contributed by atoms with E-state index in [1.807, 2.05) is 0 Å². The van der Waals surface area contributed by atoms with Gasteiger partial charge in [-0.2, -0.15) is 0 Å². The summed E-state index contributed by atoms with van der Waals surface area (Å²) in [6.07, 6.45) is 9.95. The first kappa shape index (κ1) is 11.5. The molecular weight excluding hydrogens is 156 g/mol. The molecule has 1 fully saturated rings. The summed E-state index contributed by atoms with van der Waals surface area (Å²) in [5, 5.41) is 15.6. The number of rotatable bonds is 2. The van der Waals surface area contributed by atoms with Crippen molar-refractivity contribution in [2.24, 2.45) is 0 Å². The van der Waals surface area contributed by atoms with Gasteiger partial charge in [0.15, 0.2) is 0 Å². The lowest BCUT2D eigenvalue weighted by atomic mass is 10.0. The topological polar surface area (TPSA) is 49.7 Å².